The van der Waals surface area contributed by atoms with Gasteiger partial charge in [0.05, 0.1) is 6.54 Å². The number of rotatable bonds is 8. The van der Waals surface area contributed by atoms with Gasteiger partial charge in [0, 0.05) is 6.07 Å². The summed E-state index contributed by atoms with van der Waals surface area (Å²) in [5.74, 6) is 0.0600. The Labute approximate surface area is 184 Å². The molecule has 0 aliphatic heterocycles. The fourth-order valence-electron chi connectivity index (χ4n) is 2.73. The highest BCUT2D eigenvalue weighted by Gasteiger charge is 2.12. The Morgan fingerprint density at radius 2 is 1.75 bits per heavy atom. The molecular weight excluding hydrogens is 412 g/mol. The molecule has 9 heteroatoms. The Morgan fingerprint density at radius 3 is 2.53 bits per heavy atom. The summed E-state index contributed by atoms with van der Waals surface area (Å²) >= 11 is 0. The zero-order chi connectivity index (χ0) is 22.9. The van der Waals surface area contributed by atoms with Crippen LogP contribution in [0.5, 0.6) is 11.5 Å². The van der Waals surface area contributed by atoms with Crippen molar-refractivity contribution in [1.29, 1.82) is 0 Å². The van der Waals surface area contributed by atoms with Gasteiger partial charge in [-0.1, -0.05) is 30.3 Å². The van der Waals surface area contributed by atoms with Crippen LogP contribution in [0.25, 0.3) is 0 Å². The first-order valence-corrected chi connectivity index (χ1v) is 9.97. The summed E-state index contributed by atoms with van der Waals surface area (Å²) in [7, 11) is 0. The molecule has 2 N–H and O–H groups in total. The maximum Gasteiger partial charge on any atom is 0.290 e. The van der Waals surface area contributed by atoms with Crippen molar-refractivity contribution in [2.24, 2.45) is 0 Å². The number of hydrogen-bond donors (Lipinski definition) is 2. The number of benzene rings is 2. The number of carbonyl (C=O) groups is 2. The molecule has 3 aromatic rings. The number of aryl methyl sites for hydroxylation is 2. The number of hydrogen-bond acceptors (Lipinski definition) is 6. The van der Waals surface area contributed by atoms with Gasteiger partial charge < -0.3 is 9.47 Å². The maximum absolute atomic E-state index is 12.3. The van der Waals surface area contributed by atoms with Crippen molar-refractivity contribution in [2.75, 3.05) is 13.2 Å². The predicted molar refractivity (Wildman–Crippen MR) is 117 cm³/mol. The van der Waals surface area contributed by atoms with Crippen LogP contribution >= 0.6 is 0 Å². The molecule has 166 valence electrons. The minimum absolute atomic E-state index is 0.0277. The monoisotopic (exact) mass is 436 g/mol. The van der Waals surface area contributed by atoms with Gasteiger partial charge >= 0.3 is 0 Å². The van der Waals surface area contributed by atoms with E-state index in [4.69, 9.17) is 9.47 Å². The first-order chi connectivity index (χ1) is 15.4. The fourth-order valence-corrected chi connectivity index (χ4v) is 2.73. The van der Waals surface area contributed by atoms with E-state index in [1.165, 1.54) is 12.1 Å². The number of para-hydroxylation sites is 1. The standard InChI is InChI=1S/C23H24N4O5/c1-16-8-9-17(2)20(14-16)32-15-21(28)24-25-23(30)19-10-11-22(29)27(26-19)12-13-31-18-6-4-3-5-7-18/h3-11,14H,12-13,15H2,1-2H3,(H,24,28)(H,25,30). The van der Waals surface area contributed by atoms with Crippen LogP contribution in [0.4, 0.5) is 0 Å². The van der Waals surface area contributed by atoms with Gasteiger partial charge in [0.15, 0.2) is 12.3 Å². The Balaban J connectivity index is 1.50. The third-order valence-electron chi connectivity index (χ3n) is 4.43. The SMILES string of the molecule is Cc1ccc(C)c(OCC(=O)NNC(=O)c2ccc(=O)n(CCOc3ccccc3)n2)c1. The van der Waals surface area contributed by atoms with Crippen LogP contribution in [0.3, 0.4) is 0 Å². The van der Waals surface area contributed by atoms with E-state index < -0.39 is 11.8 Å². The van der Waals surface area contributed by atoms with Crippen LogP contribution in [0.2, 0.25) is 0 Å². The number of hydrazine groups is 1. The van der Waals surface area contributed by atoms with E-state index in [-0.39, 0.29) is 31.0 Å². The quantitative estimate of drug-likeness (QED) is 0.521. The highest BCUT2D eigenvalue weighted by molar-refractivity contribution is 5.93. The molecule has 0 bridgehead atoms. The Hall–Kier alpha value is -4.14. The number of amides is 2. The van der Waals surface area contributed by atoms with Crippen molar-refractivity contribution >= 4 is 11.8 Å². The maximum atomic E-state index is 12.3. The van der Waals surface area contributed by atoms with Gasteiger partial charge in [-0.3, -0.25) is 25.2 Å². The van der Waals surface area contributed by atoms with Gasteiger partial charge in [-0.25, -0.2) is 4.68 Å². The number of aromatic nitrogens is 2. The smallest absolute Gasteiger partial charge is 0.290 e. The van der Waals surface area contributed by atoms with Crippen molar-refractivity contribution in [3.63, 3.8) is 0 Å². The summed E-state index contributed by atoms with van der Waals surface area (Å²) in [4.78, 5) is 36.3. The van der Waals surface area contributed by atoms with Crippen LogP contribution in [-0.2, 0) is 11.3 Å². The first-order valence-electron chi connectivity index (χ1n) is 9.97. The lowest BCUT2D eigenvalue weighted by Crippen LogP contribution is -2.44. The van der Waals surface area contributed by atoms with Crippen LogP contribution in [0.1, 0.15) is 21.6 Å². The lowest BCUT2D eigenvalue weighted by Gasteiger charge is -2.11. The number of nitrogens with zero attached hydrogens (tertiary/aromatic N) is 2. The van der Waals surface area contributed by atoms with Gasteiger partial charge in [-0.05, 0) is 49.2 Å². The Kier molecular flexibility index (Phi) is 7.58. The molecule has 32 heavy (non-hydrogen) atoms. The van der Waals surface area contributed by atoms with Gasteiger partial charge in [-0.2, -0.15) is 5.10 Å². The largest absolute Gasteiger partial charge is 0.492 e. The minimum Gasteiger partial charge on any atom is -0.492 e. The normalized spacial score (nSPS) is 10.3. The first kappa shape index (κ1) is 22.5. The minimum atomic E-state index is -0.664. The van der Waals surface area contributed by atoms with Crippen LogP contribution in [-0.4, -0.2) is 34.8 Å². The van der Waals surface area contributed by atoms with E-state index in [9.17, 15) is 14.4 Å². The fraction of sp³-hybridized carbons (Fsp3) is 0.217. The molecule has 0 spiro atoms. The molecule has 9 nitrogen and oxygen atoms in total. The zero-order valence-electron chi connectivity index (χ0n) is 17.8. The van der Waals surface area contributed by atoms with Gasteiger partial charge in [0.2, 0.25) is 0 Å². The Bertz CT molecular complexity index is 1140. The van der Waals surface area contributed by atoms with Crippen molar-refractivity contribution in [2.45, 2.75) is 20.4 Å². The molecule has 2 aromatic carbocycles. The van der Waals surface area contributed by atoms with E-state index in [0.717, 1.165) is 15.8 Å². The molecule has 1 heterocycles. The van der Waals surface area contributed by atoms with E-state index in [1.807, 2.05) is 50.2 Å². The summed E-state index contributed by atoms with van der Waals surface area (Å²) in [6, 6.07) is 17.3. The molecule has 0 aliphatic carbocycles. The molecule has 0 unspecified atom stereocenters. The predicted octanol–water partition coefficient (Wildman–Crippen LogP) is 1.78. The van der Waals surface area contributed by atoms with Crippen LogP contribution < -0.4 is 25.9 Å². The molecule has 0 atom stereocenters. The average Bonchev–Trinajstić information content (AvgIpc) is 2.80. The topological polar surface area (TPSA) is 112 Å². The van der Waals surface area contributed by atoms with Crippen molar-refractivity contribution in [3.8, 4) is 11.5 Å². The molecule has 1 aromatic heterocycles. The lowest BCUT2D eigenvalue weighted by molar-refractivity contribution is -0.123. The zero-order valence-corrected chi connectivity index (χ0v) is 17.8. The summed E-state index contributed by atoms with van der Waals surface area (Å²) in [5, 5.41) is 4.03. The van der Waals surface area contributed by atoms with Crippen molar-refractivity contribution in [1.82, 2.24) is 20.6 Å². The van der Waals surface area contributed by atoms with Crippen molar-refractivity contribution < 1.29 is 19.1 Å². The average molecular weight is 436 g/mol. The highest BCUT2D eigenvalue weighted by atomic mass is 16.5. The van der Waals surface area contributed by atoms with Crippen LogP contribution in [0.15, 0.2) is 65.5 Å². The molecular formula is C23H24N4O5. The van der Waals surface area contributed by atoms with E-state index in [2.05, 4.69) is 16.0 Å². The Morgan fingerprint density at radius 1 is 0.969 bits per heavy atom. The number of ether oxygens (including phenoxy) is 2. The lowest BCUT2D eigenvalue weighted by atomic mass is 10.1. The molecule has 0 aliphatic rings. The van der Waals surface area contributed by atoms with Gasteiger partial charge in [0.1, 0.15) is 18.1 Å². The van der Waals surface area contributed by atoms with E-state index >= 15 is 0 Å². The van der Waals surface area contributed by atoms with Crippen molar-refractivity contribution in [3.05, 3.63) is 87.8 Å². The van der Waals surface area contributed by atoms with Gasteiger partial charge in [0.25, 0.3) is 17.4 Å². The number of nitrogens with one attached hydrogen (secondary N) is 2. The molecule has 0 radical (unpaired) electrons. The van der Waals surface area contributed by atoms with E-state index in [0.29, 0.717) is 11.5 Å². The third-order valence-corrected chi connectivity index (χ3v) is 4.43. The summed E-state index contributed by atoms with van der Waals surface area (Å²) < 4.78 is 12.2. The summed E-state index contributed by atoms with van der Waals surface area (Å²) in [6.07, 6.45) is 0. The highest BCUT2D eigenvalue weighted by Crippen LogP contribution is 2.18. The van der Waals surface area contributed by atoms with Crippen LogP contribution in [0, 0.1) is 13.8 Å². The van der Waals surface area contributed by atoms with E-state index in [1.54, 1.807) is 12.1 Å². The molecule has 2 amide bonds. The second-order valence-corrected chi connectivity index (χ2v) is 7.00. The molecule has 0 saturated heterocycles. The number of carbonyl (C=O) groups excluding carboxylic acids is 2. The summed E-state index contributed by atoms with van der Waals surface area (Å²) in [5.41, 5.74) is 6.04. The molecule has 0 saturated carbocycles. The van der Waals surface area contributed by atoms with Gasteiger partial charge in [-0.15, -0.1) is 0 Å². The second-order valence-electron chi connectivity index (χ2n) is 7.00. The molecule has 0 fully saturated rings. The summed E-state index contributed by atoms with van der Waals surface area (Å²) in [6.45, 7) is 3.89. The second kappa shape index (κ2) is 10.8. The molecule has 3 rings (SSSR count). The third kappa shape index (κ3) is 6.43.